The van der Waals surface area contributed by atoms with E-state index < -0.39 is 11.7 Å². The van der Waals surface area contributed by atoms with Gasteiger partial charge in [-0.25, -0.2) is 9.97 Å². The third kappa shape index (κ3) is 6.72. The van der Waals surface area contributed by atoms with Crippen molar-refractivity contribution in [3.8, 4) is 0 Å². The lowest BCUT2D eigenvalue weighted by molar-refractivity contribution is -0.137. The molecule has 3 aromatic rings. The van der Waals surface area contributed by atoms with Crippen molar-refractivity contribution in [3.63, 3.8) is 0 Å². The lowest BCUT2D eigenvalue weighted by Gasteiger charge is -2.17. The molecule has 0 spiro atoms. The number of carbonyl (C=O) groups is 1. The first-order valence-corrected chi connectivity index (χ1v) is 10.2. The number of hydrogen-bond acceptors (Lipinski definition) is 8. The van der Waals surface area contributed by atoms with Crippen LogP contribution in [0.1, 0.15) is 23.6 Å². The first-order valence-electron chi connectivity index (χ1n) is 9.78. The fourth-order valence-electron chi connectivity index (χ4n) is 2.88. The second kappa shape index (κ2) is 10.4. The van der Waals surface area contributed by atoms with Gasteiger partial charge in [-0.3, -0.25) is 4.79 Å². The lowest BCUT2D eigenvalue weighted by atomic mass is 10.2. The minimum atomic E-state index is -4.63. The number of benzene rings is 1. The lowest BCUT2D eigenvalue weighted by Crippen LogP contribution is -2.18. The Balaban J connectivity index is 1.80. The standard InChI is InChI=1S/C21H22F3N7OS/c1-13(32)26-10-14-5-7-16(8-6-14)29-20-28-12-17(21(22,23)24)18(30-20)27-11-15-4-3-9-25-19(15)31(2)33/h3-9,12,33H,10-11H2,1-2H3,(H,26,32)(H2,27,28,29,30). The van der Waals surface area contributed by atoms with E-state index in [9.17, 15) is 18.0 Å². The molecule has 0 aliphatic carbocycles. The number of halogens is 3. The van der Waals surface area contributed by atoms with Crippen molar-refractivity contribution < 1.29 is 18.0 Å². The zero-order valence-corrected chi connectivity index (χ0v) is 18.7. The molecule has 0 saturated carbocycles. The minimum Gasteiger partial charge on any atom is -0.365 e. The second-order valence-electron chi connectivity index (χ2n) is 7.05. The average molecular weight is 478 g/mol. The van der Waals surface area contributed by atoms with E-state index in [4.69, 9.17) is 0 Å². The molecule has 2 heterocycles. The molecule has 0 saturated heterocycles. The van der Waals surface area contributed by atoms with Crippen LogP contribution in [-0.2, 0) is 24.1 Å². The summed E-state index contributed by atoms with van der Waals surface area (Å²) in [7, 11) is 1.67. The second-order valence-corrected chi connectivity index (χ2v) is 7.65. The van der Waals surface area contributed by atoms with Gasteiger partial charge in [0.1, 0.15) is 17.2 Å². The molecule has 174 valence electrons. The maximum absolute atomic E-state index is 13.5. The van der Waals surface area contributed by atoms with E-state index in [-0.39, 0.29) is 24.2 Å². The summed E-state index contributed by atoms with van der Waals surface area (Å²) in [6.45, 7) is 1.85. The van der Waals surface area contributed by atoms with E-state index in [1.54, 1.807) is 49.6 Å². The average Bonchev–Trinajstić information content (AvgIpc) is 2.76. The number of rotatable bonds is 8. The molecule has 0 bridgehead atoms. The number of nitrogens with zero attached hydrogens (tertiary/aromatic N) is 4. The third-order valence-electron chi connectivity index (χ3n) is 4.47. The Kier molecular flexibility index (Phi) is 7.59. The predicted octanol–water partition coefficient (Wildman–Crippen LogP) is 4.16. The van der Waals surface area contributed by atoms with Crippen LogP contribution < -0.4 is 20.3 Å². The van der Waals surface area contributed by atoms with Gasteiger partial charge in [-0.15, -0.1) is 0 Å². The number of amides is 1. The number of carbonyl (C=O) groups excluding carboxylic acids is 1. The Morgan fingerprint density at radius 2 is 1.85 bits per heavy atom. The van der Waals surface area contributed by atoms with Crippen LogP contribution in [0.5, 0.6) is 0 Å². The predicted molar refractivity (Wildman–Crippen MR) is 123 cm³/mol. The highest BCUT2D eigenvalue weighted by atomic mass is 32.1. The van der Waals surface area contributed by atoms with Gasteiger partial charge in [0.25, 0.3) is 0 Å². The van der Waals surface area contributed by atoms with E-state index in [1.807, 2.05) is 0 Å². The Morgan fingerprint density at radius 1 is 1.12 bits per heavy atom. The summed E-state index contributed by atoms with van der Waals surface area (Å²) >= 11 is 4.21. The molecule has 0 atom stereocenters. The summed E-state index contributed by atoms with van der Waals surface area (Å²) in [4.78, 5) is 23.1. The highest BCUT2D eigenvalue weighted by Crippen LogP contribution is 2.34. The number of aromatic nitrogens is 3. The number of alkyl halides is 3. The van der Waals surface area contributed by atoms with E-state index >= 15 is 0 Å². The summed E-state index contributed by atoms with van der Waals surface area (Å²) in [5.41, 5.74) is 1.11. The molecular weight excluding hydrogens is 455 g/mol. The van der Waals surface area contributed by atoms with Crippen molar-refractivity contribution in [2.45, 2.75) is 26.2 Å². The molecule has 0 aliphatic heterocycles. The molecule has 33 heavy (non-hydrogen) atoms. The van der Waals surface area contributed by atoms with Gasteiger partial charge >= 0.3 is 6.18 Å². The molecule has 0 fully saturated rings. The normalized spacial score (nSPS) is 11.1. The Labute approximate surface area is 194 Å². The van der Waals surface area contributed by atoms with Gasteiger partial charge < -0.3 is 20.3 Å². The number of thiol groups is 1. The Morgan fingerprint density at radius 3 is 2.48 bits per heavy atom. The van der Waals surface area contributed by atoms with Crippen molar-refractivity contribution in [1.82, 2.24) is 20.3 Å². The van der Waals surface area contributed by atoms with E-state index in [0.29, 0.717) is 23.6 Å². The zero-order valence-electron chi connectivity index (χ0n) is 17.8. The van der Waals surface area contributed by atoms with E-state index in [2.05, 4.69) is 43.7 Å². The van der Waals surface area contributed by atoms with E-state index in [1.165, 1.54) is 11.2 Å². The van der Waals surface area contributed by atoms with E-state index in [0.717, 1.165) is 11.8 Å². The van der Waals surface area contributed by atoms with Crippen molar-refractivity contribution in [2.24, 2.45) is 0 Å². The molecule has 1 amide bonds. The number of anilines is 4. The number of nitrogens with one attached hydrogen (secondary N) is 3. The molecule has 12 heteroatoms. The Bertz CT molecular complexity index is 1110. The van der Waals surface area contributed by atoms with Crippen LogP contribution in [0, 0.1) is 0 Å². The monoisotopic (exact) mass is 477 g/mol. The molecular formula is C21H22F3N7OS. The highest BCUT2D eigenvalue weighted by Gasteiger charge is 2.35. The zero-order chi connectivity index (χ0) is 24.0. The molecule has 0 unspecified atom stereocenters. The topological polar surface area (TPSA) is 95.1 Å². The SMILES string of the molecule is CC(=O)NCc1ccc(Nc2ncc(C(F)(F)F)c(NCc3cccnc3N(C)S)n2)cc1. The van der Waals surface area contributed by atoms with Gasteiger partial charge in [0.15, 0.2) is 0 Å². The summed E-state index contributed by atoms with van der Waals surface area (Å²) in [5, 5.41) is 8.32. The maximum atomic E-state index is 13.5. The van der Waals surface area contributed by atoms with Gasteiger partial charge in [-0.2, -0.15) is 18.2 Å². The van der Waals surface area contributed by atoms with Crippen LogP contribution in [0.25, 0.3) is 0 Å². The molecule has 1 aromatic carbocycles. The highest BCUT2D eigenvalue weighted by molar-refractivity contribution is 7.81. The van der Waals surface area contributed by atoms with Gasteiger partial charge in [-0.05, 0) is 23.8 Å². The summed E-state index contributed by atoms with van der Waals surface area (Å²) in [5.74, 6) is 0.000173. The molecule has 0 aliphatic rings. The van der Waals surface area contributed by atoms with Crippen LogP contribution in [0.15, 0.2) is 48.8 Å². The van der Waals surface area contributed by atoms with Crippen LogP contribution in [0.3, 0.4) is 0 Å². The van der Waals surface area contributed by atoms with Gasteiger partial charge in [0.2, 0.25) is 11.9 Å². The van der Waals surface area contributed by atoms with Crippen molar-refractivity contribution in [1.29, 1.82) is 0 Å². The largest absolute Gasteiger partial charge is 0.421 e. The quantitative estimate of drug-likeness (QED) is 0.362. The summed E-state index contributed by atoms with van der Waals surface area (Å²) in [6, 6.07) is 10.4. The fourth-order valence-corrected chi connectivity index (χ4v) is 3.06. The van der Waals surface area contributed by atoms with Crippen LogP contribution in [0.2, 0.25) is 0 Å². The van der Waals surface area contributed by atoms with Crippen LogP contribution in [0.4, 0.5) is 36.4 Å². The third-order valence-corrected chi connectivity index (χ3v) is 4.66. The first kappa shape index (κ1) is 24.1. The van der Waals surface area contributed by atoms with Gasteiger partial charge in [0, 0.05) is 50.7 Å². The van der Waals surface area contributed by atoms with Crippen molar-refractivity contribution >= 4 is 42.0 Å². The molecule has 3 rings (SSSR count). The smallest absolute Gasteiger partial charge is 0.365 e. The fraction of sp³-hybridized carbons (Fsp3) is 0.238. The molecule has 3 N–H and O–H groups in total. The van der Waals surface area contributed by atoms with Crippen LogP contribution >= 0.6 is 12.8 Å². The Hall–Kier alpha value is -3.54. The number of hydrogen-bond donors (Lipinski definition) is 4. The molecule has 2 aromatic heterocycles. The first-order chi connectivity index (χ1) is 15.6. The van der Waals surface area contributed by atoms with Gasteiger partial charge in [-0.1, -0.05) is 31.0 Å². The molecule has 0 radical (unpaired) electrons. The van der Waals surface area contributed by atoms with Crippen molar-refractivity contribution in [3.05, 3.63) is 65.5 Å². The number of pyridine rings is 1. The summed E-state index contributed by atoms with van der Waals surface area (Å²) < 4.78 is 42.0. The van der Waals surface area contributed by atoms with Crippen molar-refractivity contribution in [2.75, 3.05) is 22.0 Å². The molecule has 8 nitrogen and oxygen atoms in total. The maximum Gasteiger partial charge on any atom is 0.421 e. The van der Waals surface area contributed by atoms with Gasteiger partial charge in [0.05, 0.1) is 0 Å². The summed E-state index contributed by atoms with van der Waals surface area (Å²) in [6.07, 6.45) is -2.33. The minimum absolute atomic E-state index is 0.00201. The van der Waals surface area contributed by atoms with Crippen LogP contribution in [-0.4, -0.2) is 27.9 Å².